The van der Waals surface area contributed by atoms with Gasteiger partial charge in [0.2, 0.25) is 5.50 Å². The van der Waals surface area contributed by atoms with Crippen LogP contribution in [0.1, 0.15) is 137 Å². The Kier molecular flexibility index (Phi) is 25.2. The fourth-order valence-electron chi connectivity index (χ4n) is 3.42. The summed E-state index contributed by atoms with van der Waals surface area (Å²) >= 11 is 0. The Morgan fingerprint density at radius 1 is 0.655 bits per heavy atom. The van der Waals surface area contributed by atoms with Crippen molar-refractivity contribution in [3.63, 3.8) is 0 Å². The van der Waals surface area contributed by atoms with Gasteiger partial charge in [0.05, 0.1) is 6.61 Å². The van der Waals surface area contributed by atoms with E-state index in [0.717, 1.165) is 32.1 Å². The molecular weight excluding hydrogens is 382 g/mol. The Labute approximate surface area is 195 Å². The van der Waals surface area contributed by atoms with Gasteiger partial charge in [0.15, 0.2) is 0 Å². The second-order valence-electron chi connectivity index (χ2n) is 8.17. The second-order valence-corrected chi connectivity index (χ2v) is 9.90. The fourth-order valence-corrected chi connectivity index (χ4v) is 4.37. The summed E-state index contributed by atoms with van der Waals surface area (Å²) in [6.07, 6.45) is 20.8. The molecule has 0 rings (SSSR count). The molecule has 1 unspecified atom stereocenters. The van der Waals surface area contributed by atoms with Gasteiger partial charge >= 0.3 is 18.9 Å². The van der Waals surface area contributed by atoms with Crippen LogP contribution in [0.3, 0.4) is 0 Å². The third kappa shape index (κ3) is 21.5. The van der Waals surface area contributed by atoms with Crippen LogP contribution >= 0.6 is 0 Å². The first kappa shape index (κ1) is 31.6. The van der Waals surface area contributed by atoms with E-state index in [9.17, 15) is 12.8 Å². The summed E-state index contributed by atoms with van der Waals surface area (Å²) in [7, 11) is -4.04. The Morgan fingerprint density at radius 2 is 1.00 bits per heavy atom. The average molecular weight is 431 g/mol. The summed E-state index contributed by atoms with van der Waals surface area (Å²) < 4.78 is 42.4. The molecule has 0 aromatic rings. The van der Waals surface area contributed by atoms with Crippen LogP contribution in [0.25, 0.3) is 0 Å². The Balaban J connectivity index is -0.00000364. The van der Waals surface area contributed by atoms with Gasteiger partial charge in [-0.1, -0.05) is 117 Å². The quantitative estimate of drug-likeness (QED) is 0.135. The van der Waals surface area contributed by atoms with Crippen molar-refractivity contribution in [3.05, 3.63) is 0 Å². The molecule has 0 amide bonds. The standard InChI is InChI=1S/C23H47FO3S.Li.H/c1-3-5-7-9-11-12-13-14-15-16-18-20-22-27-28(25,26)23(24)21-19-17-10-8-6-4-2;;/h23H,3-22H2,1-2H3;;/q;+1;-1. The maximum Gasteiger partial charge on any atom is 1.00 e. The molecule has 0 saturated carbocycles. The predicted octanol–water partition coefficient (Wildman–Crippen LogP) is 5.20. The van der Waals surface area contributed by atoms with E-state index in [-0.39, 0.29) is 33.3 Å². The van der Waals surface area contributed by atoms with Gasteiger partial charge in [-0.25, -0.2) is 4.39 Å². The van der Waals surface area contributed by atoms with Crippen LogP contribution in [0, 0.1) is 0 Å². The van der Waals surface area contributed by atoms with Gasteiger partial charge in [-0.15, -0.1) is 0 Å². The smallest absolute Gasteiger partial charge is 1.00 e. The van der Waals surface area contributed by atoms with Crippen molar-refractivity contribution in [1.82, 2.24) is 0 Å². The van der Waals surface area contributed by atoms with E-state index in [1.165, 1.54) is 70.6 Å². The van der Waals surface area contributed by atoms with Crippen LogP contribution in [-0.2, 0) is 14.3 Å². The normalized spacial score (nSPS) is 12.7. The van der Waals surface area contributed by atoms with Crippen LogP contribution in [0.15, 0.2) is 0 Å². The van der Waals surface area contributed by atoms with Crippen LogP contribution in [0.5, 0.6) is 0 Å². The van der Waals surface area contributed by atoms with Crippen molar-refractivity contribution in [3.8, 4) is 0 Å². The Bertz CT molecular complexity index is 425. The number of hydrogen-bond donors (Lipinski definition) is 0. The monoisotopic (exact) mass is 430 g/mol. The van der Waals surface area contributed by atoms with Gasteiger partial charge < -0.3 is 1.43 Å². The summed E-state index contributed by atoms with van der Waals surface area (Å²) in [4.78, 5) is 0. The molecule has 1 atom stereocenters. The van der Waals surface area contributed by atoms with Gasteiger partial charge in [-0.2, -0.15) is 8.42 Å². The van der Waals surface area contributed by atoms with Crippen LogP contribution in [-0.4, -0.2) is 20.5 Å². The zero-order valence-corrected chi connectivity index (χ0v) is 20.5. The van der Waals surface area contributed by atoms with E-state index in [1.54, 1.807) is 0 Å². The topological polar surface area (TPSA) is 43.4 Å². The van der Waals surface area contributed by atoms with Crippen LogP contribution in [0.4, 0.5) is 4.39 Å². The fraction of sp³-hybridized carbons (Fsp3) is 1.00. The van der Waals surface area contributed by atoms with E-state index >= 15 is 0 Å². The van der Waals surface area contributed by atoms with Crippen LogP contribution < -0.4 is 18.9 Å². The molecule has 0 N–H and O–H groups in total. The number of unbranched alkanes of at least 4 members (excludes halogenated alkanes) is 16. The molecule has 0 aromatic carbocycles. The van der Waals surface area contributed by atoms with Crippen molar-refractivity contribution >= 4 is 10.1 Å². The maximum absolute atomic E-state index is 13.9. The molecule has 0 aliphatic rings. The van der Waals surface area contributed by atoms with E-state index in [4.69, 9.17) is 4.18 Å². The SMILES string of the molecule is CCCCCCCCCCCCCCOS(=O)(=O)C(F)CCCCCCCC.[H-].[Li+]. The van der Waals surface area contributed by atoms with Gasteiger partial charge in [0, 0.05) is 0 Å². The second kappa shape index (κ2) is 23.1. The largest absolute Gasteiger partial charge is 1.00 e. The number of hydrogen-bond acceptors (Lipinski definition) is 3. The number of halogens is 1. The maximum atomic E-state index is 13.9. The van der Waals surface area contributed by atoms with E-state index in [2.05, 4.69) is 13.8 Å². The van der Waals surface area contributed by atoms with Gasteiger partial charge in [0.25, 0.3) is 10.1 Å². The molecule has 0 radical (unpaired) electrons. The summed E-state index contributed by atoms with van der Waals surface area (Å²) in [5.74, 6) is 0. The van der Waals surface area contributed by atoms with Crippen molar-refractivity contribution in [2.45, 2.75) is 141 Å². The molecule has 0 fully saturated rings. The summed E-state index contributed by atoms with van der Waals surface area (Å²) in [5.41, 5.74) is -1.86. The van der Waals surface area contributed by atoms with Crippen LogP contribution in [0.2, 0.25) is 0 Å². The minimum atomic E-state index is -4.04. The van der Waals surface area contributed by atoms with E-state index in [1.807, 2.05) is 0 Å². The molecule has 0 bridgehead atoms. The summed E-state index contributed by atoms with van der Waals surface area (Å²) in [6.45, 7) is 4.52. The molecule has 0 heterocycles. The molecule has 3 nitrogen and oxygen atoms in total. The molecule has 0 aliphatic heterocycles. The Hall–Kier alpha value is 0.437. The molecule has 0 saturated heterocycles. The predicted molar refractivity (Wildman–Crippen MR) is 120 cm³/mol. The molecule has 0 spiro atoms. The van der Waals surface area contributed by atoms with E-state index in [0.29, 0.717) is 12.8 Å². The van der Waals surface area contributed by atoms with Crippen molar-refractivity contribution < 1.29 is 37.3 Å². The van der Waals surface area contributed by atoms with Gasteiger partial charge in [-0.05, 0) is 19.3 Å². The zero-order chi connectivity index (χ0) is 20.9. The van der Waals surface area contributed by atoms with Crippen molar-refractivity contribution in [1.29, 1.82) is 0 Å². The zero-order valence-electron chi connectivity index (χ0n) is 20.7. The molecule has 0 aromatic heterocycles. The van der Waals surface area contributed by atoms with Crippen molar-refractivity contribution in [2.24, 2.45) is 0 Å². The molecule has 29 heavy (non-hydrogen) atoms. The third-order valence-electron chi connectivity index (χ3n) is 5.34. The first-order valence-electron chi connectivity index (χ1n) is 12.1. The molecule has 172 valence electrons. The number of rotatable bonds is 22. The molecule has 6 heteroatoms. The number of alkyl halides is 1. The first-order chi connectivity index (χ1) is 13.5. The van der Waals surface area contributed by atoms with Gasteiger partial charge in [-0.3, -0.25) is 4.18 Å². The summed E-state index contributed by atoms with van der Waals surface area (Å²) in [6, 6.07) is 0. The summed E-state index contributed by atoms with van der Waals surface area (Å²) in [5, 5.41) is 0. The van der Waals surface area contributed by atoms with Gasteiger partial charge in [0.1, 0.15) is 0 Å². The average Bonchev–Trinajstić information content (AvgIpc) is 2.68. The van der Waals surface area contributed by atoms with Crippen molar-refractivity contribution in [2.75, 3.05) is 6.61 Å². The minimum Gasteiger partial charge on any atom is -1.00 e. The Morgan fingerprint density at radius 3 is 1.41 bits per heavy atom. The third-order valence-corrected chi connectivity index (χ3v) is 6.70. The molecular formula is C23H48FLiO3S. The minimum absolute atomic E-state index is 0. The molecule has 0 aliphatic carbocycles. The van der Waals surface area contributed by atoms with E-state index < -0.39 is 15.6 Å². The first-order valence-corrected chi connectivity index (χ1v) is 13.5.